The zero-order valence-corrected chi connectivity index (χ0v) is 12.4. The molecule has 1 heterocycles. The molecule has 19 heavy (non-hydrogen) atoms. The first-order valence-electron chi connectivity index (χ1n) is 5.28. The summed E-state index contributed by atoms with van der Waals surface area (Å²) in [6, 6.07) is 0.476. The van der Waals surface area contributed by atoms with Crippen LogP contribution in [0.3, 0.4) is 0 Å². The van der Waals surface area contributed by atoms with Gasteiger partial charge in [-0.25, -0.2) is 4.79 Å². The fraction of sp³-hybridized carbons (Fsp3) is 0.364. The van der Waals surface area contributed by atoms with E-state index in [0.717, 1.165) is 3.79 Å². The van der Waals surface area contributed by atoms with Crippen molar-refractivity contribution in [1.82, 2.24) is 5.32 Å². The summed E-state index contributed by atoms with van der Waals surface area (Å²) in [5.74, 6) is -2.19. The fourth-order valence-corrected chi connectivity index (χ4v) is 2.43. The Kier molecular flexibility index (Phi) is 5.97. The lowest BCUT2D eigenvalue weighted by molar-refractivity contribution is -0.142. The summed E-state index contributed by atoms with van der Waals surface area (Å²) in [6.45, 7) is 0. The minimum atomic E-state index is -1.19. The summed E-state index contributed by atoms with van der Waals surface area (Å²) >= 11 is 4.54. The van der Waals surface area contributed by atoms with Crippen LogP contribution < -0.4 is 5.32 Å². The molecule has 1 aromatic heterocycles. The summed E-state index contributed by atoms with van der Waals surface area (Å²) in [6.07, 6.45) is -0.0832. The molecular weight excluding hydrogens is 338 g/mol. The van der Waals surface area contributed by atoms with Gasteiger partial charge in [-0.05, 0) is 28.4 Å². The van der Waals surface area contributed by atoms with E-state index in [1.54, 1.807) is 11.4 Å². The van der Waals surface area contributed by atoms with E-state index in [-0.39, 0.29) is 12.8 Å². The summed E-state index contributed by atoms with van der Waals surface area (Å²) in [7, 11) is 1.22. The van der Waals surface area contributed by atoms with Gasteiger partial charge in [0, 0.05) is 11.8 Å². The molecule has 0 saturated carbocycles. The number of halogens is 1. The van der Waals surface area contributed by atoms with Crippen molar-refractivity contribution in [2.24, 2.45) is 0 Å². The Hall–Kier alpha value is -1.41. The zero-order valence-electron chi connectivity index (χ0n) is 10.0. The maximum atomic E-state index is 11.8. The lowest BCUT2D eigenvalue weighted by atomic mass is 10.1. The average Bonchev–Trinajstić information content (AvgIpc) is 2.80. The Bertz CT molecular complexity index is 487. The van der Waals surface area contributed by atoms with Gasteiger partial charge in [-0.2, -0.15) is 0 Å². The highest BCUT2D eigenvalue weighted by atomic mass is 79.9. The van der Waals surface area contributed by atoms with Crippen LogP contribution in [0.15, 0.2) is 15.2 Å². The number of amides is 1. The molecule has 0 spiro atoms. The van der Waals surface area contributed by atoms with E-state index in [1.807, 2.05) is 0 Å². The molecule has 1 atom stereocenters. The maximum absolute atomic E-state index is 11.8. The number of hydrogen-bond donors (Lipinski definition) is 2. The van der Waals surface area contributed by atoms with Gasteiger partial charge in [0.1, 0.15) is 6.04 Å². The summed E-state index contributed by atoms with van der Waals surface area (Å²) < 4.78 is 5.20. The molecule has 0 bridgehead atoms. The quantitative estimate of drug-likeness (QED) is 0.761. The number of methoxy groups -OCH3 is 1. The van der Waals surface area contributed by atoms with Gasteiger partial charge in [0.2, 0.25) is 0 Å². The Balaban J connectivity index is 2.61. The molecule has 0 aliphatic heterocycles. The summed E-state index contributed by atoms with van der Waals surface area (Å²) in [5, 5.41) is 13.0. The van der Waals surface area contributed by atoms with E-state index in [0.29, 0.717) is 5.56 Å². The number of hydrogen-bond acceptors (Lipinski definition) is 5. The zero-order chi connectivity index (χ0) is 14.4. The number of thiophene rings is 1. The van der Waals surface area contributed by atoms with Crippen molar-refractivity contribution in [3.8, 4) is 0 Å². The minimum absolute atomic E-state index is 0.0148. The number of ether oxygens (including phenoxy) is 1. The van der Waals surface area contributed by atoms with Crippen LogP contribution in [-0.4, -0.2) is 36.1 Å². The van der Waals surface area contributed by atoms with Crippen LogP contribution in [0, 0.1) is 0 Å². The number of carboxylic acids is 1. The fourth-order valence-electron chi connectivity index (χ4n) is 1.29. The third-order valence-corrected chi connectivity index (χ3v) is 3.80. The first-order valence-corrected chi connectivity index (χ1v) is 6.95. The van der Waals surface area contributed by atoms with Crippen molar-refractivity contribution in [1.29, 1.82) is 0 Å². The molecule has 0 aromatic carbocycles. The Morgan fingerprint density at radius 2 is 2.21 bits per heavy atom. The van der Waals surface area contributed by atoms with Crippen molar-refractivity contribution < 1.29 is 24.2 Å². The molecular formula is C11H12BrNO5S. The Morgan fingerprint density at radius 1 is 1.53 bits per heavy atom. The highest BCUT2D eigenvalue weighted by molar-refractivity contribution is 9.11. The van der Waals surface area contributed by atoms with Crippen LogP contribution in [0.5, 0.6) is 0 Å². The lowest BCUT2D eigenvalue weighted by Gasteiger charge is -2.13. The van der Waals surface area contributed by atoms with E-state index in [1.165, 1.54) is 18.4 Å². The van der Waals surface area contributed by atoms with Gasteiger partial charge < -0.3 is 15.2 Å². The average molecular weight is 350 g/mol. The maximum Gasteiger partial charge on any atom is 0.326 e. The topological polar surface area (TPSA) is 92.7 Å². The van der Waals surface area contributed by atoms with E-state index in [4.69, 9.17) is 5.11 Å². The van der Waals surface area contributed by atoms with Gasteiger partial charge in [0.05, 0.1) is 16.5 Å². The van der Waals surface area contributed by atoms with Crippen molar-refractivity contribution in [3.63, 3.8) is 0 Å². The van der Waals surface area contributed by atoms with Crippen molar-refractivity contribution in [2.75, 3.05) is 7.11 Å². The summed E-state index contributed by atoms with van der Waals surface area (Å²) in [5.41, 5.74) is 0.376. The van der Waals surface area contributed by atoms with Crippen LogP contribution in [0.25, 0.3) is 0 Å². The molecule has 0 radical (unpaired) electrons. The van der Waals surface area contributed by atoms with Gasteiger partial charge in [-0.15, -0.1) is 11.3 Å². The molecule has 0 fully saturated rings. The van der Waals surface area contributed by atoms with E-state index in [9.17, 15) is 14.4 Å². The van der Waals surface area contributed by atoms with Gasteiger partial charge in [-0.3, -0.25) is 9.59 Å². The van der Waals surface area contributed by atoms with E-state index in [2.05, 4.69) is 26.0 Å². The van der Waals surface area contributed by atoms with Crippen molar-refractivity contribution >= 4 is 45.1 Å². The van der Waals surface area contributed by atoms with Gasteiger partial charge in [0.25, 0.3) is 5.91 Å². The molecule has 0 unspecified atom stereocenters. The first kappa shape index (κ1) is 15.6. The van der Waals surface area contributed by atoms with Gasteiger partial charge in [-0.1, -0.05) is 0 Å². The molecule has 8 heteroatoms. The number of nitrogens with one attached hydrogen (secondary N) is 1. The smallest absolute Gasteiger partial charge is 0.326 e. The highest BCUT2D eigenvalue weighted by Crippen LogP contribution is 2.20. The number of esters is 1. The normalized spacial score (nSPS) is 11.7. The van der Waals surface area contributed by atoms with Crippen LogP contribution >= 0.6 is 27.3 Å². The third kappa shape index (κ3) is 4.99. The molecule has 6 nitrogen and oxygen atoms in total. The second kappa shape index (κ2) is 7.25. The Morgan fingerprint density at radius 3 is 2.68 bits per heavy atom. The Labute approximate surface area is 121 Å². The van der Waals surface area contributed by atoms with Crippen molar-refractivity contribution in [2.45, 2.75) is 18.9 Å². The molecule has 2 N–H and O–H groups in total. The predicted molar refractivity (Wildman–Crippen MR) is 72.2 cm³/mol. The number of aliphatic carboxylic acids is 1. The van der Waals surface area contributed by atoms with Crippen LogP contribution in [0.1, 0.15) is 23.2 Å². The molecule has 0 aliphatic rings. The SMILES string of the molecule is COC(=O)CC[C@@H](NC(=O)c1csc(Br)c1)C(=O)O. The van der Waals surface area contributed by atoms with E-state index >= 15 is 0 Å². The molecule has 0 saturated heterocycles. The molecule has 0 aliphatic carbocycles. The van der Waals surface area contributed by atoms with E-state index < -0.39 is 23.9 Å². The molecule has 1 rings (SSSR count). The second-order valence-corrected chi connectivity index (χ2v) is 5.91. The van der Waals surface area contributed by atoms with Gasteiger partial charge in [0.15, 0.2) is 0 Å². The first-order chi connectivity index (χ1) is 8.93. The minimum Gasteiger partial charge on any atom is -0.480 e. The van der Waals surface area contributed by atoms with Crippen LogP contribution in [-0.2, 0) is 14.3 Å². The molecule has 1 amide bonds. The molecule has 1 aromatic rings. The standard InChI is InChI=1S/C11H12BrNO5S/c1-18-9(14)3-2-7(11(16)17)13-10(15)6-4-8(12)19-5-6/h4-5,7H,2-3H2,1H3,(H,13,15)(H,16,17)/t7-/m1/s1. The lowest BCUT2D eigenvalue weighted by Crippen LogP contribution is -2.41. The number of carboxylic acid groups (broad SMARTS) is 1. The highest BCUT2D eigenvalue weighted by Gasteiger charge is 2.22. The third-order valence-electron chi connectivity index (χ3n) is 2.30. The van der Waals surface area contributed by atoms with Crippen LogP contribution in [0.2, 0.25) is 0 Å². The van der Waals surface area contributed by atoms with Crippen LogP contribution in [0.4, 0.5) is 0 Å². The second-order valence-electron chi connectivity index (χ2n) is 3.62. The van der Waals surface area contributed by atoms with Crippen molar-refractivity contribution in [3.05, 3.63) is 20.8 Å². The predicted octanol–water partition coefficient (Wildman–Crippen LogP) is 1.65. The summed E-state index contributed by atoms with van der Waals surface area (Å²) in [4.78, 5) is 33.7. The number of carbonyl (C=O) groups excluding carboxylic acids is 2. The van der Waals surface area contributed by atoms with Gasteiger partial charge >= 0.3 is 11.9 Å². The monoisotopic (exact) mass is 349 g/mol. The number of rotatable bonds is 6. The molecule has 104 valence electrons. The number of carbonyl (C=O) groups is 3. The largest absolute Gasteiger partial charge is 0.480 e.